The van der Waals surface area contributed by atoms with Gasteiger partial charge < -0.3 is 9.88 Å². The van der Waals surface area contributed by atoms with E-state index in [9.17, 15) is 8.42 Å². The van der Waals surface area contributed by atoms with Crippen molar-refractivity contribution >= 4 is 10.0 Å². The molecule has 0 aromatic carbocycles. The summed E-state index contributed by atoms with van der Waals surface area (Å²) < 4.78 is 26.9. The molecule has 0 radical (unpaired) electrons. The van der Waals surface area contributed by atoms with Crippen molar-refractivity contribution < 1.29 is 8.42 Å². The number of nitrogens with one attached hydrogen (secondary N) is 1. The maximum absolute atomic E-state index is 11.6. The number of piperidine rings is 1. The van der Waals surface area contributed by atoms with E-state index in [1.807, 2.05) is 17.8 Å². The Labute approximate surface area is 121 Å². The molecule has 1 saturated heterocycles. The molecule has 2 heterocycles. The van der Waals surface area contributed by atoms with Gasteiger partial charge in [0.05, 0.1) is 12.8 Å². The van der Waals surface area contributed by atoms with Gasteiger partial charge in [-0.3, -0.25) is 0 Å². The van der Waals surface area contributed by atoms with Crippen LogP contribution in [0.25, 0.3) is 0 Å². The van der Waals surface area contributed by atoms with E-state index in [0.717, 1.165) is 25.2 Å². The third-order valence-electron chi connectivity index (χ3n) is 4.13. The van der Waals surface area contributed by atoms with E-state index < -0.39 is 10.0 Å². The Morgan fingerprint density at radius 1 is 1.50 bits per heavy atom. The van der Waals surface area contributed by atoms with Crippen LogP contribution in [-0.4, -0.2) is 47.7 Å². The monoisotopic (exact) mass is 300 g/mol. The average Bonchev–Trinajstić information content (AvgIpc) is 2.80. The number of imidazole rings is 1. The van der Waals surface area contributed by atoms with Gasteiger partial charge in [-0.15, -0.1) is 0 Å². The molecule has 2 rings (SSSR count). The Hall–Kier alpha value is -0.920. The molecule has 0 bridgehead atoms. The van der Waals surface area contributed by atoms with Gasteiger partial charge in [-0.1, -0.05) is 13.3 Å². The molecular formula is C13H24N4O2S. The third-order valence-corrected chi connectivity index (χ3v) is 5.40. The van der Waals surface area contributed by atoms with Gasteiger partial charge in [0.15, 0.2) is 0 Å². The van der Waals surface area contributed by atoms with Gasteiger partial charge in [-0.05, 0) is 12.3 Å². The highest BCUT2D eigenvalue weighted by atomic mass is 32.2. The van der Waals surface area contributed by atoms with Crippen molar-refractivity contribution in [1.29, 1.82) is 0 Å². The van der Waals surface area contributed by atoms with Crippen LogP contribution in [0.5, 0.6) is 0 Å². The second-order valence-corrected chi connectivity index (χ2v) is 7.50. The molecule has 20 heavy (non-hydrogen) atoms. The van der Waals surface area contributed by atoms with Crippen LogP contribution in [0, 0.1) is 5.92 Å². The lowest BCUT2D eigenvalue weighted by atomic mass is 9.91. The molecule has 0 amide bonds. The first-order valence-corrected chi connectivity index (χ1v) is 8.91. The maximum atomic E-state index is 11.6. The van der Waals surface area contributed by atoms with Crippen LogP contribution < -0.4 is 5.32 Å². The first-order chi connectivity index (χ1) is 9.41. The predicted octanol–water partition coefficient (Wildman–Crippen LogP) is 0.570. The fourth-order valence-corrected chi connectivity index (χ4v) is 3.67. The van der Waals surface area contributed by atoms with Crippen LogP contribution in [0.15, 0.2) is 12.4 Å². The largest absolute Gasteiger partial charge is 0.337 e. The Balaban J connectivity index is 1.94. The average molecular weight is 300 g/mol. The van der Waals surface area contributed by atoms with Crippen molar-refractivity contribution in [2.75, 3.05) is 19.3 Å². The van der Waals surface area contributed by atoms with E-state index >= 15 is 0 Å². The molecule has 2 atom stereocenters. The standard InChI is InChI=1S/C13H24N4O2S/c1-4-11-10-17(20(3,18)19)7-5-12(11)15-9-13-14-6-8-16(13)2/h6,8,11-12,15H,4-5,7,9-10H2,1-3H3. The van der Waals surface area contributed by atoms with Crippen molar-refractivity contribution in [2.24, 2.45) is 13.0 Å². The lowest BCUT2D eigenvalue weighted by Crippen LogP contribution is -2.50. The Bertz CT molecular complexity index is 540. The number of aromatic nitrogens is 2. The number of rotatable bonds is 5. The van der Waals surface area contributed by atoms with E-state index in [4.69, 9.17) is 0 Å². The first kappa shape index (κ1) is 15.5. The number of nitrogens with zero attached hydrogens (tertiary/aromatic N) is 3. The summed E-state index contributed by atoms with van der Waals surface area (Å²) in [6.07, 6.45) is 6.85. The third kappa shape index (κ3) is 3.59. The maximum Gasteiger partial charge on any atom is 0.211 e. The summed E-state index contributed by atoms with van der Waals surface area (Å²) >= 11 is 0. The molecule has 2 unspecified atom stereocenters. The first-order valence-electron chi connectivity index (χ1n) is 7.06. The van der Waals surface area contributed by atoms with Crippen LogP contribution in [-0.2, 0) is 23.6 Å². The summed E-state index contributed by atoms with van der Waals surface area (Å²) in [5.74, 6) is 1.36. The van der Waals surface area contributed by atoms with Crippen molar-refractivity contribution in [3.8, 4) is 0 Å². The SMILES string of the molecule is CCC1CN(S(C)(=O)=O)CCC1NCc1nccn1C. The van der Waals surface area contributed by atoms with Crippen molar-refractivity contribution in [3.63, 3.8) is 0 Å². The Morgan fingerprint density at radius 3 is 2.80 bits per heavy atom. The lowest BCUT2D eigenvalue weighted by molar-refractivity contribution is 0.200. The molecule has 1 aliphatic rings. The smallest absolute Gasteiger partial charge is 0.211 e. The van der Waals surface area contributed by atoms with Gasteiger partial charge in [0, 0.05) is 38.6 Å². The van der Waals surface area contributed by atoms with Gasteiger partial charge in [0.1, 0.15) is 5.82 Å². The van der Waals surface area contributed by atoms with Gasteiger partial charge in [0.25, 0.3) is 0 Å². The summed E-state index contributed by atoms with van der Waals surface area (Å²) in [7, 11) is -1.09. The summed E-state index contributed by atoms with van der Waals surface area (Å²) in [6.45, 7) is 4.07. The van der Waals surface area contributed by atoms with Crippen LogP contribution in [0.4, 0.5) is 0 Å². The highest BCUT2D eigenvalue weighted by Crippen LogP contribution is 2.22. The number of sulfonamides is 1. The minimum Gasteiger partial charge on any atom is -0.337 e. The molecule has 0 spiro atoms. The Morgan fingerprint density at radius 2 is 2.25 bits per heavy atom. The normalized spacial score (nSPS) is 24.9. The fraction of sp³-hybridized carbons (Fsp3) is 0.769. The van der Waals surface area contributed by atoms with Crippen LogP contribution in [0.1, 0.15) is 25.6 Å². The van der Waals surface area contributed by atoms with E-state index in [1.165, 1.54) is 6.26 Å². The summed E-state index contributed by atoms with van der Waals surface area (Å²) in [5, 5.41) is 3.53. The topological polar surface area (TPSA) is 67.2 Å². The van der Waals surface area contributed by atoms with Gasteiger partial charge >= 0.3 is 0 Å². The molecule has 6 nitrogen and oxygen atoms in total. The predicted molar refractivity (Wildman–Crippen MR) is 78.7 cm³/mol. The van der Waals surface area contributed by atoms with Crippen LogP contribution in [0.2, 0.25) is 0 Å². The minimum atomic E-state index is -3.07. The Kier molecular flexibility index (Phi) is 4.82. The summed E-state index contributed by atoms with van der Waals surface area (Å²) in [6, 6.07) is 0.356. The van der Waals surface area contributed by atoms with Gasteiger partial charge in [-0.25, -0.2) is 17.7 Å². The lowest BCUT2D eigenvalue weighted by Gasteiger charge is -2.37. The van der Waals surface area contributed by atoms with Crippen molar-refractivity contribution in [1.82, 2.24) is 19.2 Å². The van der Waals surface area contributed by atoms with Crippen LogP contribution in [0.3, 0.4) is 0 Å². The van der Waals surface area contributed by atoms with E-state index in [2.05, 4.69) is 17.2 Å². The molecule has 114 valence electrons. The molecule has 1 aromatic rings. The number of hydrogen-bond acceptors (Lipinski definition) is 4. The number of hydrogen-bond donors (Lipinski definition) is 1. The molecule has 0 aliphatic carbocycles. The fourth-order valence-electron chi connectivity index (χ4n) is 2.77. The summed E-state index contributed by atoms with van der Waals surface area (Å²) in [4.78, 5) is 4.30. The second kappa shape index (κ2) is 6.24. The van der Waals surface area contributed by atoms with E-state index in [-0.39, 0.29) is 0 Å². The number of aryl methyl sites for hydroxylation is 1. The second-order valence-electron chi connectivity index (χ2n) is 5.52. The molecule has 1 fully saturated rings. The quantitative estimate of drug-likeness (QED) is 0.863. The van der Waals surface area contributed by atoms with Gasteiger partial charge in [-0.2, -0.15) is 0 Å². The summed E-state index contributed by atoms with van der Waals surface area (Å²) in [5.41, 5.74) is 0. The molecule has 1 N–H and O–H groups in total. The zero-order valence-corrected chi connectivity index (χ0v) is 13.2. The van der Waals surface area contributed by atoms with Crippen LogP contribution >= 0.6 is 0 Å². The highest BCUT2D eigenvalue weighted by molar-refractivity contribution is 7.88. The molecule has 1 aromatic heterocycles. The van der Waals surface area contributed by atoms with Gasteiger partial charge in [0.2, 0.25) is 10.0 Å². The molecule has 7 heteroatoms. The zero-order valence-electron chi connectivity index (χ0n) is 12.4. The zero-order chi connectivity index (χ0) is 14.8. The molecular weight excluding hydrogens is 276 g/mol. The highest BCUT2D eigenvalue weighted by Gasteiger charge is 2.31. The molecule has 1 aliphatic heterocycles. The van der Waals surface area contributed by atoms with Crippen molar-refractivity contribution in [2.45, 2.75) is 32.4 Å². The van der Waals surface area contributed by atoms with Crippen molar-refractivity contribution in [3.05, 3.63) is 18.2 Å². The molecule has 0 saturated carbocycles. The van der Waals surface area contributed by atoms with E-state index in [1.54, 1.807) is 10.5 Å². The van der Waals surface area contributed by atoms with E-state index in [0.29, 0.717) is 25.0 Å². The minimum absolute atomic E-state index is 0.356.